The van der Waals surface area contributed by atoms with E-state index in [-0.39, 0.29) is 18.2 Å². The lowest BCUT2D eigenvalue weighted by Gasteiger charge is -2.41. The molecule has 3 N–H and O–H groups in total. The highest BCUT2D eigenvalue weighted by atomic mass is 16.5. The average molecular weight is 199 g/mol. The van der Waals surface area contributed by atoms with Crippen molar-refractivity contribution in [3.63, 3.8) is 0 Å². The van der Waals surface area contributed by atoms with E-state index in [4.69, 9.17) is 15.3 Å². The fourth-order valence-electron chi connectivity index (χ4n) is 1.59. The maximum Gasteiger partial charge on any atom is 0.198 e. The molecule has 0 radical (unpaired) electrons. The summed E-state index contributed by atoms with van der Waals surface area (Å²) in [7, 11) is 0. The van der Waals surface area contributed by atoms with Gasteiger partial charge < -0.3 is 15.2 Å². The van der Waals surface area contributed by atoms with E-state index in [1.165, 1.54) is 0 Å². The number of aliphatic hydroxyl groups excluding tert-OH is 1. The van der Waals surface area contributed by atoms with Crippen molar-refractivity contribution in [1.82, 2.24) is 10.2 Å². The number of ether oxygens (including phenoxy) is 1. The van der Waals surface area contributed by atoms with Crippen LogP contribution in [-0.4, -0.2) is 60.3 Å². The van der Waals surface area contributed by atoms with Gasteiger partial charge in [-0.05, 0) is 6.92 Å². The highest BCUT2D eigenvalue weighted by Crippen LogP contribution is 2.14. The van der Waals surface area contributed by atoms with Crippen molar-refractivity contribution in [1.29, 1.82) is 5.41 Å². The van der Waals surface area contributed by atoms with Crippen LogP contribution in [0.1, 0.15) is 6.92 Å². The molecule has 2 aliphatic rings. The van der Waals surface area contributed by atoms with Crippen molar-refractivity contribution < 1.29 is 9.84 Å². The Kier molecular flexibility index (Phi) is 2.71. The monoisotopic (exact) mass is 199 g/mol. The topological polar surface area (TPSA) is 68.6 Å². The third-order valence-corrected chi connectivity index (χ3v) is 2.86. The molecule has 2 saturated heterocycles. The lowest BCUT2D eigenvalue weighted by atomic mass is 10.1. The van der Waals surface area contributed by atoms with Gasteiger partial charge in [0.1, 0.15) is 6.10 Å². The molecule has 0 aromatic carbocycles. The number of aliphatic hydroxyl groups is 1. The summed E-state index contributed by atoms with van der Waals surface area (Å²) in [6, 6.07) is -0.000926. The van der Waals surface area contributed by atoms with Crippen molar-refractivity contribution in [3.05, 3.63) is 0 Å². The van der Waals surface area contributed by atoms with Gasteiger partial charge in [0.25, 0.3) is 0 Å². The number of nitrogens with zero attached hydrogens (tertiary/aromatic N) is 1. The molecule has 2 rings (SSSR count). The SMILES string of the molecule is CC(C(=N)OC1CNC1)N1CC(O)C1. The quantitative estimate of drug-likeness (QED) is 0.403. The number of nitrogens with one attached hydrogen (secondary N) is 2. The van der Waals surface area contributed by atoms with E-state index in [0.29, 0.717) is 19.0 Å². The Balaban J connectivity index is 1.73. The van der Waals surface area contributed by atoms with Gasteiger partial charge in [0.05, 0.1) is 12.1 Å². The van der Waals surface area contributed by atoms with E-state index < -0.39 is 0 Å². The van der Waals surface area contributed by atoms with Gasteiger partial charge in [0.2, 0.25) is 0 Å². The summed E-state index contributed by atoms with van der Waals surface area (Å²) in [5, 5.41) is 19.9. The standard InChI is InChI=1S/C9H17N3O2/c1-6(12-4-7(13)5-12)9(10)14-8-2-11-3-8/h6-8,10-11,13H,2-5H2,1H3. The molecule has 0 saturated carbocycles. The molecule has 2 aliphatic heterocycles. The molecule has 0 aromatic heterocycles. The Labute approximate surface area is 83.5 Å². The molecule has 0 amide bonds. The Bertz CT molecular complexity index is 224. The molecule has 2 fully saturated rings. The Morgan fingerprint density at radius 2 is 2.21 bits per heavy atom. The molecule has 1 atom stereocenters. The predicted molar refractivity (Wildman–Crippen MR) is 52.5 cm³/mol. The first kappa shape index (κ1) is 9.89. The molecule has 0 bridgehead atoms. The largest absolute Gasteiger partial charge is 0.474 e. The minimum absolute atomic E-state index is 0.000926. The van der Waals surface area contributed by atoms with Gasteiger partial charge in [0, 0.05) is 26.2 Å². The summed E-state index contributed by atoms with van der Waals surface area (Å²) in [6.45, 7) is 4.96. The molecular weight excluding hydrogens is 182 g/mol. The number of β-amino-alcohol motifs (C(OH)–C–C–N with tert-alkyl or cyclic N) is 1. The van der Waals surface area contributed by atoms with Crippen LogP contribution in [-0.2, 0) is 4.74 Å². The van der Waals surface area contributed by atoms with Gasteiger partial charge in [0.15, 0.2) is 5.90 Å². The Morgan fingerprint density at radius 3 is 2.64 bits per heavy atom. The normalized spacial score (nSPS) is 26.4. The minimum Gasteiger partial charge on any atom is -0.474 e. The first-order valence-electron chi connectivity index (χ1n) is 5.04. The number of rotatable bonds is 3. The minimum atomic E-state index is -0.212. The van der Waals surface area contributed by atoms with E-state index in [1.807, 2.05) is 11.8 Å². The van der Waals surface area contributed by atoms with E-state index >= 15 is 0 Å². The maximum atomic E-state index is 9.13. The zero-order chi connectivity index (χ0) is 10.1. The van der Waals surface area contributed by atoms with E-state index in [2.05, 4.69) is 5.32 Å². The first-order chi connectivity index (χ1) is 6.66. The maximum absolute atomic E-state index is 9.13. The van der Waals surface area contributed by atoms with Crippen LogP contribution in [0.5, 0.6) is 0 Å². The van der Waals surface area contributed by atoms with Crippen LogP contribution < -0.4 is 5.32 Å². The molecule has 5 nitrogen and oxygen atoms in total. The van der Waals surface area contributed by atoms with Gasteiger partial charge in [-0.3, -0.25) is 10.3 Å². The molecule has 0 aromatic rings. The Hall–Kier alpha value is -0.650. The van der Waals surface area contributed by atoms with Crippen molar-refractivity contribution in [2.45, 2.75) is 25.2 Å². The average Bonchev–Trinajstić information content (AvgIpc) is 2.04. The van der Waals surface area contributed by atoms with Crippen molar-refractivity contribution in [2.75, 3.05) is 26.2 Å². The molecule has 0 spiro atoms. The summed E-state index contributed by atoms with van der Waals surface area (Å²) in [5.41, 5.74) is 0. The van der Waals surface area contributed by atoms with Crippen LogP contribution in [0.15, 0.2) is 0 Å². The van der Waals surface area contributed by atoms with Crippen LogP contribution in [0.2, 0.25) is 0 Å². The third kappa shape index (κ3) is 1.89. The Morgan fingerprint density at radius 1 is 1.57 bits per heavy atom. The predicted octanol–water partition coefficient (Wildman–Crippen LogP) is -0.983. The summed E-state index contributed by atoms with van der Waals surface area (Å²) in [4.78, 5) is 2.04. The summed E-state index contributed by atoms with van der Waals surface area (Å²) in [6.07, 6.45) is -0.0354. The summed E-state index contributed by atoms with van der Waals surface area (Å²) in [5.74, 6) is 0.323. The molecule has 0 aliphatic carbocycles. The lowest BCUT2D eigenvalue weighted by Crippen LogP contribution is -2.58. The highest BCUT2D eigenvalue weighted by Gasteiger charge is 2.32. The van der Waals surface area contributed by atoms with E-state index in [9.17, 15) is 0 Å². The van der Waals surface area contributed by atoms with Crippen LogP contribution in [0.25, 0.3) is 0 Å². The highest BCUT2D eigenvalue weighted by molar-refractivity contribution is 5.78. The molecule has 14 heavy (non-hydrogen) atoms. The second-order valence-corrected chi connectivity index (χ2v) is 4.05. The molecule has 1 unspecified atom stereocenters. The van der Waals surface area contributed by atoms with Crippen molar-refractivity contribution >= 4 is 5.90 Å². The number of hydrogen-bond acceptors (Lipinski definition) is 5. The zero-order valence-corrected chi connectivity index (χ0v) is 8.36. The lowest BCUT2D eigenvalue weighted by molar-refractivity contribution is -0.0139. The number of hydrogen-bond donors (Lipinski definition) is 3. The number of likely N-dealkylation sites (tertiary alicyclic amines) is 1. The van der Waals surface area contributed by atoms with Gasteiger partial charge in [-0.2, -0.15) is 0 Å². The third-order valence-electron chi connectivity index (χ3n) is 2.86. The van der Waals surface area contributed by atoms with Crippen molar-refractivity contribution in [2.24, 2.45) is 0 Å². The first-order valence-corrected chi connectivity index (χ1v) is 5.04. The second-order valence-electron chi connectivity index (χ2n) is 4.05. The van der Waals surface area contributed by atoms with Crippen molar-refractivity contribution in [3.8, 4) is 0 Å². The van der Waals surface area contributed by atoms with E-state index in [1.54, 1.807) is 0 Å². The molecule has 5 heteroatoms. The summed E-state index contributed by atoms with van der Waals surface area (Å²) < 4.78 is 5.44. The van der Waals surface area contributed by atoms with Gasteiger partial charge in [-0.25, -0.2) is 0 Å². The molecule has 80 valence electrons. The molecule has 2 heterocycles. The van der Waals surface area contributed by atoms with Gasteiger partial charge >= 0.3 is 0 Å². The fourth-order valence-corrected chi connectivity index (χ4v) is 1.59. The fraction of sp³-hybridized carbons (Fsp3) is 0.889. The second kappa shape index (κ2) is 3.84. The van der Waals surface area contributed by atoms with Crippen LogP contribution in [0, 0.1) is 5.41 Å². The van der Waals surface area contributed by atoms with Gasteiger partial charge in [-0.1, -0.05) is 0 Å². The molecular formula is C9H17N3O2. The van der Waals surface area contributed by atoms with Crippen LogP contribution in [0.3, 0.4) is 0 Å². The van der Waals surface area contributed by atoms with Crippen LogP contribution >= 0.6 is 0 Å². The van der Waals surface area contributed by atoms with E-state index in [0.717, 1.165) is 13.1 Å². The zero-order valence-electron chi connectivity index (χ0n) is 8.36. The smallest absolute Gasteiger partial charge is 0.198 e. The van der Waals surface area contributed by atoms with Gasteiger partial charge in [-0.15, -0.1) is 0 Å². The van der Waals surface area contributed by atoms with Crippen LogP contribution in [0.4, 0.5) is 0 Å². The summed E-state index contributed by atoms with van der Waals surface area (Å²) >= 11 is 0.